The number of carbonyl (C=O) groups is 1. The van der Waals surface area contributed by atoms with Crippen molar-refractivity contribution < 1.29 is 4.79 Å². The minimum absolute atomic E-state index is 0.185. The highest BCUT2D eigenvalue weighted by molar-refractivity contribution is 5.94. The standard InChI is InChI=1S/C20H16N6O/c27-20(16-3-1-4-17(13-16)26-12-2-7-25-26)24-14-18-19(23-11-10-22-18)15-5-8-21-9-6-15/h1-13H,14H2,(H,24,27). The first kappa shape index (κ1) is 16.6. The Kier molecular flexibility index (Phi) is 4.65. The fourth-order valence-corrected chi connectivity index (χ4v) is 2.72. The molecule has 0 radical (unpaired) electrons. The molecule has 0 aliphatic rings. The quantitative estimate of drug-likeness (QED) is 0.594. The summed E-state index contributed by atoms with van der Waals surface area (Å²) in [6.45, 7) is 0.274. The van der Waals surface area contributed by atoms with Gasteiger partial charge in [0.2, 0.25) is 0 Å². The van der Waals surface area contributed by atoms with E-state index in [-0.39, 0.29) is 12.5 Å². The van der Waals surface area contributed by atoms with Crippen molar-refractivity contribution >= 4 is 5.91 Å². The molecule has 0 spiro atoms. The van der Waals surface area contributed by atoms with Gasteiger partial charge in [-0.15, -0.1) is 0 Å². The average Bonchev–Trinajstić information content (AvgIpc) is 3.28. The van der Waals surface area contributed by atoms with Crippen molar-refractivity contribution in [1.29, 1.82) is 0 Å². The second-order valence-corrected chi connectivity index (χ2v) is 5.77. The number of aromatic nitrogens is 5. The minimum Gasteiger partial charge on any atom is -0.346 e. The summed E-state index contributed by atoms with van der Waals surface area (Å²) < 4.78 is 1.71. The molecule has 1 aromatic carbocycles. The number of nitrogens with one attached hydrogen (secondary N) is 1. The van der Waals surface area contributed by atoms with Gasteiger partial charge in [0, 0.05) is 48.3 Å². The second-order valence-electron chi connectivity index (χ2n) is 5.77. The molecule has 3 heterocycles. The van der Waals surface area contributed by atoms with Crippen LogP contribution < -0.4 is 5.32 Å². The molecular weight excluding hydrogens is 340 g/mol. The molecule has 0 aliphatic heterocycles. The van der Waals surface area contributed by atoms with E-state index in [0.717, 1.165) is 16.9 Å². The van der Waals surface area contributed by atoms with Crippen LogP contribution in [0.4, 0.5) is 0 Å². The van der Waals surface area contributed by atoms with Crippen LogP contribution in [0.3, 0.4) is 0 Å². The fraction of sp³-hybridized carbons (Fsp3) is 0.0500. The topological polar surface area (TPSA) is 85.6 Å². The van der Waals surface area contributed by atoms with E-state index in [9.17, 15) is 4.79 Å². The molecule has 7 heteroatoms. The summed E-state index contributed by atoms with van der Waals surface area (Å²) in [6.07, 6.45) is 10.2. The smallest absolute Gasteiger partial charge is 0.251 e. The van der Waals surface area contributed by atoms with E-state index < -0.39 is 0 Å². The summed E-state index contributed by atoms with van der Waals surface area (Å²) in [4.78, 5) is 25.4. The van der Waals surface area contributed by atoms with Gasteiger partial charge < -0.3 is 5.32 Å². The maximum Gasteiger partial charge on any atom is 0.251 e. The third kappa shape index (κ3) is 3.72. The zero-order valence-corrected chi connectivity index (χ0v) is 14.4. The molecule has 0 fully saturated rings. The zero-order chi connectivity index (χ0) is 18.5. The second kappa shape index (κ2) is 7.57. The lowest BCUT2D eigenvalue weighted by Crippen LogP contribution is -2.24. The first-order valence-corrected chi connectivity index (χ1v) is 8.40. The van der Waals surface area contributed by atoms with Gasteiger partial charge in [-0.05, 0) is 36.4 Å². The van der Waals surface area contributed by atoms with E-state index in [2.05, 4.69) is 25.4 Å². The van der Waals surface area contributed by atoms with E-state index in [4.69, 9.17) is 0 Å². The van der Waals surface area contributed by atoms with Crippen molar-refractivity contribution in [2.24, 2.45) is 0 Å². The van der Waals surface area contributed by atoms with Gasteiger partial charge in [0.15, 0.2) is 0 Å². The molecule has 3 aromatic heterocycles. The number of hydrogen-bond donors (Lipinski definition) is 1. The van der Waals surface area contributed by atoms with Crippen molar-refractivity contribution in [3.05, 3.63) is 90.9 Å². The van der Waals surface area contributed by atoms with E-state index in [0.29, 0.717) is 11.3 Å². The third-order valence-electron chi connectivity index (χ3n) is 4.02. The van der Waals surface area contributed by atoms with Crippen LogP contribution in [0.5, 0.6) is 0 Å². The summed E-state index contributed by atoms with van der Waals surface area (Å²) in [7, 11) is 0. The van der Waals surface area contributed by atoms with Crippen molar-refractivity contribution in [2.45, 2.75) is 6.54 Å². The molecule has 0 bridgehead atoms. The maximum absolute atomic E-state index is 12.6. The highest BCUT2D eigenvalue weighted by atomic mass is 16.1. The molecule has 0 saturated heterocycles. The molecule has 27 heavy (non-hydrogen) atoms. The maximum atomic E-state index is 12.6. The van der Waals surface area contributed by atoms with Crippen molar-refractivity contribution in [3.8, 4) is 16.9 Å². The highest BCUT2D eigenvalue weighted by Gasteiger charge is 2.11. The van der Waals surface area contributed by atoms with Gasteiger partial charge in [-0.25, -0.2) is 4.68 Å². The van der Waals surface area contributed by atoms with E-state index in [1.54, 1.807) is 47.8 Å². The molecule has 0 aliphatic carbocycles. The monoisotopic (exact) mass is 356 g/mol. The molecule has 1 amide bonds. The van der Waals surface area contributed by atoms with E-state index >= 15 is 0 Å². The van der Waals surface area contributed by atoms with Gasteiger partial charge in [0.05, 0.1) is 23.6 Å². The van der Waals surface area contributed by atoms with Crippen LogP contribution in [0.1, 0.15) is 16.1 Å². The minimum atomic E-state index is -0.185. The SMILES string of the molecule is O=C(NCc1nccnc1-c1ccncc1)c1cccc(-n2cccn2)c1. The van der Waals surface area contributed by atoms with Crippen LogP contribution in [0, 0.1) is 0 Å². The lowest BCUT2D eigenvalue weighted by Gasteiger charge is -2.10. The Bertz CT molecular complexity index is 1050. The van der Waals surface area contributed by atoms with Gasteiger partial charge in [0.25, 0.3) is 5.91 Å². The zero-order valence-electron chi connectivity index (χ0n) is 14.4. The number of hydrogen-bond acceptors (Lipinski definition) is 5. The molecule has 0 saturated carbocycles. The van der Waals surface area contributed by atoms with Crippen molar-refractivity contribution in [2.75, 3.05) is 0 Å². The summed E-state index contributed by atoms with van der Waals surface area (Å²) in [5.41, 5.74) is 3.70. The number of amides is 1. The number of nitrogens with zero attached hydrogens (tertiary/aromatic N) is 5. The molecular formula is C20H16N6O. The van der Waals surface area contributed by atoms with Gasteiger partial charge >= 0.3 is 0 Å². The lowest BCUT2D eigenvalue weighted by atomic mass is 10.1. The predicted molar refractivity (Wildman–Crippen MR) is 100.0 cm³/mol. The Hall–Kier alpha value is -3.87. The van der Waals surface area contributed by atoms with Crippen LogP contribution >= 0.6 is 0 Å². The molecule has 132 valence electrons. The first-order chi connectivity index (χ1) is 13.3. The van der Waals surface area contributed by atoms with Crippen LogP contribution in [-0.2, 0) is 6.54 Å². The molecule has 0 atom stereocenters. The predicted octanol–water partition coefficient (Wildman–Crippen LogP) is 2.65. The Morgan fingerprint density at radius 3 is 2.63 bits per heavy atom. The number of benzene rings is 1. The molecule has 4 rings (SSSR count). The van der Waals surface area contributed by atoms with Crippen LogP contribution in [0.15, 0.2) is 79.6 Å². The Balaban J connectivity index is 1.52. The summed E-state index contributed by atoms with van der Waals surface area (Å²) in [5.74, 6) is -0.185. The Labute approximate surface area is 155 Å². The third-order valence-corrected chi connectivity index (χ3v) is 4.02. The van der Waals surface area contributed by atoms with Crippen molar-refractivity contribution in [3.63, 3.8) is 0 Å². The largest absolute Gasteiger partial charge is 0.346 e. The molecule has 7 nitrogen and oxygen atoms in total. The van der Waals surface area contributed by atoms with Gasteiger partial charge in [-0.3, -0.25) is 19.7 Å². The van der Waals surface area contributed by atoms with E-state index in [1.807, 2.05) is 36.5 Å². The normalized spacial score (nSPS) is 10.5. The van der Waals surface area contributed by atoms with E-state index in [1.165, 1.54) is 0 Å². The molecule has 0 unspecified atom stereocenters. The lowest BCUT2D eigenvalue weighted by molar-refractivity contribution is 0.0950. The summed E-state index contributed by atoms with van der Waals surface area (Å²) >= 11 is 0. The van der Waals surface area contributed by atoms with Gasteiger partial charge in [-0.2, -0.15) is 5.10 Å². The fourth-order valence-electron chi connectivity index (χ4n) is 2.72. The number of pyridine rings is 1. The highest BCUT2D eigenvalue weighted by Crippen LogP contribution is 2.18. The first-order valence-electron chi connectivity index (χ1n) is 8.40. The van der Waals surface area contributed by atoms with Gasteiger partial charge in [-0.1, -0.05) is 6.07 Å². The van der Waals surface area contributed by atoms with Crippen LogP contribution in [0.2, 0.25) is 0 Å². The summed E-state index contributed by atoms with van der Waals surface area (Å²) in [6, 6.07) is 12.9. The average molecular weight is 356 g/mol. The summed E-state index contributed by atoms with van der Waals surface area (Å²) in [5, 5.41) is 7.10. The molecule has 1 N–H and O–H groups in total. The Morgan fingerprint density at radius 1 is 0.963 bits per heavy atom. The number of rotatable bonds is 5. The Morgan fingerprint density at radius 2 is 1.81 bits per heavy atom. The van der Waals surface area contributed by atoms with Crippen LogP contribution in [0.25, 0.3) is 16.9 Å². The molecule has 4 aromatic rings. The van der Waals surface area contributed by atoms with Gasteiger partial charge in [0.1, 0.15) is 0 Å². The van der Waals surface area contributed by atoms with Crippen LogP contribution in [-0.4, -0.2) is 30.6 Å². The number of carbonyl (C=O) groups excluding carboxylic acids is 1. The van der Waals surface area contributed by atoms with Crippen molar-refractivity contribution in [1.82, 2.24) is 30.0 Å².